The molecule has 0 unspecified atom stereocenters. The van der Waals surface area contributed by atoms with Crippen LogP contribution in [0.4, 0.5) is 0 Å². The van der Waals surface area contributed by atoms with E-state index in [4.69, 9.17) is 18.9 Å². The van der Waals surface area contributed by atoms with Crippen molar-refractivity contribution in [3.8, 4) is 23.0 Å². The van der Waals surface area contributed by atoms with Crippen LogP contribution >= 0.6 is 0 Å². The van der Waals surface area contributed by atoms with E-state index in [9.17, 15) is 9.59 Å². The number of rotatable bonds is 5. The number of Topliss-reactive ketones (excluding diaryl/α,β-unsaturated/α-hetero) is 1. The van der Waals surface area contributed by atoms with Crippen molar-refractivity contribution in [2.24, 2.45) is 0 Å². The van der Waals surface area contributed by atoms with Crippen molar-refractivity contribution >= 4 is 17.8 Å². The van der Waals surface area contributed by atoms with Gasteiger partial charge in [0.2, 0.25) is 5.78 Å². The maximum atomic E-state index is 12.6. The Morgan fingerprint density at radius 3 is 2.40 bits per heavy atom. The first-order valence-electron chi connectivity index (χ1n) is 9.16. The number of ketones is 1. The molecular weight excluding hydrogens is 384 g/mol. The lowest BCUT2D eigenvalue weighted by molar-refractivity contribution is 0.0734. The number of benzene rings is 3. The molecule has 6 nitrogen and oxygen atoms in total. The van der Waals surface area contributed by atoms with E-state index in [1.165, 1.54) is 26.4 Å². The van der Waals surface area contributed by atoms with Crippen LogP contribution < -0.4 is 18.9 Å². The van der Waals surface area contributed by atoms with E-state index in [1.807, 2.05) is 30.3 Å². The zero-order valence-corrected chi connectivity index (χ0v) is 16.4. The monoisotopic (exact) mass is 402 g/mol. The lowest BCUT2D eigenvalue weighted by atomic mass is 10.1. The molecule has 4 rings (SSSR count). The highest BCUT2D eigenvalue weighted by Gasteiger charge is 2.28. The Labute approximate surface area is 173 Å². The van der Waals surface area contributed by atoms with Crippen LogP contribution in [0.2, 0.25) is 0 Å². The highest BCUT2D eigenvalue weighted by atomic mass is 16.5. The maximum absolute atomic E-state index is 12.6. The van der Waals surface area contributed by atoms with Gasteiger partial charge in [0.1, 0.15) is 11.5 Å². The second-order valence-electron chi connectivity index (χ2n) is 6.47. The molecule has 30 heavy (non-hydrogen) atoms. The SMILES string of the molecule is COc1ccc(C(=O)Oc2ccc3c(c2)O/C(=C\c2ccccc2)C3=O)cc1OC. The third kappa shape index (κ3) is 3.75. The molecule has 0 spiro atoms. The summed E-state index contributed by atoms with van der Waals surface area (Å²) in [5.74, 6) is 0.982. The molecule has 0 saturated carbocycles. The summed E-state index contributed by atoms with van der Waals surface area (Å²) in [6, 6.07) is 18.8. The van der Waals surface area contributed by atoms with Crippen LogP contribution in [-0.4, -0.2) is 26.0 Å². The van der Waals surface area contributed by atoms with Crippen LogP contribution in [-0.2, 0) is 0 Å². The van der Waals surface area contributed by atoms with Gasteiger partial charge in [-0.2, -0.15) is 0 Å². The number of carbonyl (C=O) groups is 2. The van der Waals surface area contributed by atoms with E-state index in [0.717, 1.165) is 5.56 Å². The molecule has 1 aliphatic rings. The van der Waals surface area contributed by atoms with E-state index in [2.05, 4.69) is 0 Å². The first-order valence-corrected chi connectivity index (χ1v) is 9.16. The molecule has 3 aromatic rings. The standard InChI is InChI=1S/C24H18O6/c1-27-19-11-8-16(13-21(19)28-2)24(26)29-17-9-10-18-20(14-17)30-22(23(18)25)12-15-6-4-3-5-7-15/h3-14H,1-2H3/b22-12-. The zero-order chi connectivity index (χ0) is 21.1. The summed E-state index contributed by atoms with van der Waals surface area (Å²) < 4.78 is 21.5. The molecule has 0 N–H and O–H groups in total. The van der Waals surface area contributed by atoms with Crippen molar-refractivity contribution in [1.29, 1.82) is 0 Å². The summed E-state index contributed by atoms with van der Waals surface area (Å²) in [6.45, 7) is 0. The topological polar surface area (TPSA) is 71.1 Å². The van der Waals surface area contributed by atoms with Gasteiger partial charge in [0, 0.05) is 6.07 Å². The third-order valence-corrected chi connectivity index (χ3v) is 4.57. The van der Waals surface area contributed by atoms with Crippen molar-refractivity contribution < 1.29 is 28.5 Å². The summed E-state index contributed by atoms with van der Waals surface area (Å²) in [6.07, 6.45) is 1.68. The van der Waals surface area contributed by atoms with Crippen LogP contribution in [0.15, 0.2) is 72.5 Å². The van der Waals surface area contributed by atoms with Gasteiger partial charge in [0.15, 0.2) is 17.3 Å². The molecule has 6 heteroatoms. The van der Waals surface area contributed by atoms with Gasteiger partial charge < -0.3 is 18.9 Å². The second-order valence-corrected chi connectivity index (χ2v) is 6.47. The summed E-state index contributed by atoms with van der Waals surface area (Å²) in [7, 11) is 3.00. The van der Waals surface area contributed by atoms with E-state index < -0.39 is 5.97 Å². The number of ether oxygens (including phenoxy) is 4. The molecule has 3 aromatic carbocycles. The number of esters is 1. The van der Waals surface area contributed by atoms with E-state index in [0.29, 0.717) is 28.4 Å². The highest BCUT2D eigenvalue weighted by molar-refractivity contribution is 6.14. The van der Waals surface area contributed by atoms with Crippen LogP contribution in [0.3, 0.4) is 0 Å². The minimum Gasteiger partial charge on any atom is -0.493 e. The van der Waals surface area contributed by atoms with Crippen molar-refractivity contribution in [2.45, 2.75) is 0 Å². The van der Waals surface area contributed by atoms with Crippen LogP contribution in [0.5, 0.6) is 23.0 Å². The molecule has 0 bridgehead atoms. The van der Waals surface area contributed by atoms with Crippen LogP contribution in [0.25, 0.3) is 6.08 Å². The van der Waals surface area contributed by atoms with Gasteiger partial charge in [-0.15, -0.1) is 0 Å². The molecule has 1 heterocycles. The summed E-state index contributed by atoms with van der Waals surface area (Å²) in [5, 5.41) is 0. The minimum absolute atomic E-state index is 0.216. The average molecular weight is 402 g/mol. The molecule has 0 fully saturated rings. The summed E-state index contributed by atoms with van der Waals surface area (Å²) in [4.78, 5) is 25.1. The summed E-state index contributed by atoms with van der Waals surface area (Å²) in [5.41, 5.74) is 1.58. The Kier molecular flexibility index (Phi) is 5.22. The fraction of sp³-hybridized carbons (Fsp3) is 0.0833. The Morgan fingerprint density at radius 2 is 1.67 bits per heavy atom. The lowest BCUT2D eigenvalue weighted by Crippen LogP contribution is -2.09. The average Bonchev–Trinajstić information content (AvgIpc) is 3.08. The van der Waals surface area contributed by atoms with Gasteiger partial charge in [-0.3, -0.25) is 4.79 Å². The number of hydrogen-bond donors (Lipinski definition) is 0. The van der Waals surface area contributed by atoms with E-state index in [-0.39, 0.29) is 17.3 Å². The van der Waals surface area contributed by atoms with Crippen molar-refractivity contribution in [3.05, 3.63) is 89.2 Å². The fourth-order valence-electron chi connectivity index (χ4n) is 3.06. The van der Waals surface area contributed by atoms with Crippen molar-refractivity contribution in [2.75, 3.05) is 14.2 Å². The third-order valence-electron chi connectivity index (χ3n) is 4.57. The molecule has 0 radical (unpaired) electrons. The Bertz CT molecular complexity index is 1150. The predicted octanol–water partition coefficient (Wildman–Crippen LogP) is 4.54. The van der Waals surface area contributed by atoms with Gasteiger partial charge in [-0.25, -0.2) is 4.79 Å². The molecule has 0 aliphatic carbocycles. The van der Waals surface area contributed by atoms with Crippen molar-refractivity contribution in [3.63, 3.8) is 0 Å². The summed E-state index contributed by atoms with van der Waals surface area (Å²) >= 11 is 0. The first-order chi connectivity index (χ1) is 14.6. The molecular formula is C24H18O6. The van der Waals surface area contributed by atoms with Gasteiger partial charge in [0.25, 0.3) is 0 Å². The van der Waals surface area contributed by atoms with Crippen LogP contribution in [0.1, 0.15) is 26.3 Å². The van der Waals surface area contributed by atoms with Gasteiger partial charge in [-0.05, 0) is 42.0 Å². The number of methoxy groups -OCH3 is 2. The largest absolute Gasteiger partial charge is 0.493 e. The van der Waals surface area contributed by atoms with Gasteiger partial charge >= 0.3 is 5.97 Å². The number of carbonyl (C=O) groups excluding carboxylic acids is 2. The van der Waals surface area contributed by atoms with E-state index >= 15 is 0 Å². The van der Waals surface area contributed by atoms with Gasteiger partial charge in [0.05, 0.1) is 25.3 Å². The number of allylic oxidation sites excluding steroid dienone is 1. The fourth-order valence-corrected chi connectivity index (χ4v) is 3.06. The Morgan fingerprint density at radius 1 is 0.900 bits per heavy atom. The first kappa shape index (κ1) is 19.3. The predicted molar refractivity (Wildman–Crippen MR) is 110 cm³/mol. The zero-order valence-electron chi connectivity index (χ0n) is 16.4. The Hall–Kier alpha value is -4.06. The van der Waals surface area contributed by atoms with Gasteiger partial charge in [-0.1, -0.05) is 30.3 Å². The second kappa shape index (κ2) is 8.13. The van der Waals surface area contributed by atoms with Crippen molar-refractivity contribution in [1.82, 2.24) is 0 Å². The Balaban J connectivity index is 1.54. The molecule has 0 saturated heterocycles. The molecule has 150 valence electrons. The van der Waals surface area contributed by atoms with Crippen LogP contribution in [0, 0.1) is 0 Å². The van der Waals surface area contributed by atoms with E-state index in [1.54, 1.807) is 30.3 Å². The quantitative estimate of drug-likeness (QED) is 0.355. The molecule has 0 atom stereocenters. The molecule has 1 aliphatic heterocycles. The maximum Gasteiger partial charge on any atom is 0.343 e. The lowest BCUT2D eigenvalue weighted by Gasteiger charge is -2.10. The normalized spacial score (nSPS) is 13.5. The minimum atomic E-state index is -0.569. The number of fused-ring (bicyclic) bond motifs is 1. The molecule has 0 amide bonds. The molecule has 0 aromatic heterocycles. The smallest absolute Gasteiger partial charge is 0.343 e. The number of hydrogen-bond acceptors (Lipinski definition) is 6. The highest BCUT2D eigenvalue weighted by Crippen LogP contribution is 2.35.